The maximum Gasteiger partial charge on any atom is 0.326 e. The third kappa shape index (κ3) is 2.02. The zero-order chi connectivity index (χ0) is 13.3. The minimum absolute atomic E-state index is 0.0997. The van der Waals surface area contributed by atoms with E-state index in [1.54, 1.807) is 0 Å². The normalized spacial score (nSPS) is 19.0. The fourth-order valence-electron chi connectivity index (χ4n) is 1.98. The molecule has 0 bridgehead atoms. The summed E-state index contributed by atoms with van der Waals surface area (Å²) < 4.78 is 0. The Morgan fingerprint density at radius 1 is 1.39 bits per heavy atom. The molecule has 0 spiro atoms. The van der Waals surface area contributed by atoms with Crippen LogP contribution in [0.3, 0.4) is 0 Å². The number of carbonyl (C=O) groups is 2. The van der Waals surface area contributed by atoms with Gasteiger partial charge in [0.2, 0.25) is 5.91 Å². The van der Waals surface area contributed by atoms with Crippen molar-refractivity contribution in [3.63, 3.8) is 0 Å². The Hall–Kier alpha value is -2.44. The van der Waals surface area contributed by atoms with Gasteiger partial charge in [0.05, 0.1) is 4.92 Å². The number of amides is 1. The molecule has 18 heavy (non-hydrogen) atoms. The molecule has 0 aromatic heterocycles. The second kappa shape index (κ2) is 4.44. The minimum Gasteiger partial charge on any atom is -0.480 e. The molecular weight excluding hydrogens is 240 g/mol. The zero-order valence-electron chi connectivity index (χ0n) is 9.28. The molecule has 1 amide bonds. The number of non-ortho nitro benzene ring substituents is 1. The number of carboxylic acid groups (broad SMARTS) is 1. The van der Waals surface area contributed by atoms with Gasteiger partial charge in [0.1, 0.15) is 6.04 Å². The lowest BCUT2D eigenvalue weighted by Crippen LogP contribution is -2.38. The maximum absolute atomic E-state index is 11.6. The fraction of sp³-hybridized carbons (Fsp3) is 0.273. The van der Waals surface area contributed by atoms with E-state index in [0.29, 0.717) is 5.69 Å². The Labute approximate surface area is 102 Å². The second-order valence-corrected chi connectivity index (χ2v) is 3.93. The molecule has 1 heterocycles. The first-order chi connectivity index (χ1) is 8.50. The lowest BCUT2D eigenvalue weighted by molar-refractivity contribution is -0.384. The van der Waals surface area contributed by atoms with Crippen LogP contribution in [0.5, 0.6) is 0 Å². The van der Waals surface area contributed by atoms with E-state index in [1.807, 2.05) is 0 Å². The number of aliphatic carboxylic acids is 1. The molecule has 0 unspecified atom stereocenters. The van der Waals surface area contributed by atoms with Gasteiger partial charge in [0, 0.05) is 24.2 Å². The summed E-state index contributed by atoms with van der Waals surface area (Å²) in [6.07, 6.45) is 0.430. The fourth-order valence-corrected chi connectivity index (χ4v) is 1.98. The number of benzene rings is 1. The number of carboxylic acids is 1. The lowest BCUT2D eigenvalue weighted by atomic mass is 10.2. The number of hydrogen-bond acceptors (Lipinski definition) is 4. The largest absolute Gasteiger partial charge is 0.480 e. The third-order valence-electron chi connectivity index (χ3n) is 2.84. The van der Waals surface area contributed by atoms with E-state index in [-0.39, 0.29) is 24.4 Å². The van der Waals surface area contributed by atoms with Crippen LogP contribution in [0.1, 0.15) is 12.8 Å². The van der Waals surface area contributed by atoms with Crippen molar-refractivity contribution in [2.45, 2.75) is 18.9 Å². The van der Waals surface area contributed by atoms with Gasteiger partial charge in [0.25, 0.3) is 5.69 Å². The van der Waals surface area contributed by atoms with Gasteiger partial charge in [-0.05, 0) is 18.6 Å². The van der Waals surface area contributed by atoms with E-state index >= 15 is 0 Å². The highest BCUT2D eigenvalue weighted by Crippen LogP contribution is 2.28. The van der Waals surface area contributed by atoms with E-state index in [9.17, 15) is 19.7 Å². The molecule has 1 saturated heterocycles. The number of anilines is 1. The smallest absolute Gasteiger partial charge is 0.326 e. The Morgan fingerprint density at radius 2 is 2.00 bits per heavy atom. The highest BCUT2D eigenvalue weighted by molar-refractivity contribution is 6.02. The molecule has 94 valence electrons. The van der Waals surface area contributed by atoms with Crippen LogP contribution >= 0.6 is 0 Å². The summed E-state index contributed by atoms with van der Waals surface area (Å²) in [4.78, 5) is 33.8. The monoisotopic (exact) mass is 250 g/mol. The first-order valence-electron chi connectivity index (χ1n) is 5.30. The standard InChI is InChI=1S/C11H10N2O5/c14-10-6-5-9(11(15)16)12(10)7-1-3-8(4-2-7)13(17)18/h1-4,9H,5-6H2,(H,15,16)/t9-/m0/s1. The van der Waals surface area contributed by atoms with E-state index in [1.165, 1.54) is 29.2 Å². The Kier molecular flexibility index (Phi) is 2.97. The van der Waals surface area contributed by atoms with Crippen molar-refractivity contribution in [1.82, 2.24) is 0 Å². The number of nitrogens with zero attached hydrogens (tertiary/aromatic N) is 2. The molecule has 1 aromatic rings. The average molecular weight is 250 g/mol. The van der Waals surface area contributed by atoms with Gasteiger partial charge in [-0.25, -0.2) is 4.79 Å². The molecule has 2 rings (SSSR count). The van der Waals surface area contributed by atoms with E-state index < -0.39 is 16.9 Å². The van der Waals surface area contributed by atoms with Crippen LogP contribution < -0.4 is 4.90 Å². The van der Waals surface area contributed by atoms with Crippen LogP contribution in [-0.4, -0.2) is 27.9 Å². The van der Waals surface area contributed by atoms with E-state index in [0.717, 1.165) is 0 Å². The quantitative estimate of drug-likeness (QED) is 0.641. The maximum atomic E-state index is 11.6. The summed E-state index contributed by atoms with van der Waals surface area (Å²) >= 11 is 0. The van der Waals surface area contributed by atoms with Crippen molar-refractivity contribution in [1.29, 1.82) is 0 Å². The molecular formula is C11H10N2O5. The van der Waals surface area contributed by atoms with Crippen LogP contribution in [-0.2, 0) is 9.59 Å². The van der Waals surface area contributed by atoms with Crippen LogP contribution in [0.2, 0.25) is 0 Å². The summed E-state index contributed by atoms with van der Waals surface area (Å²) in [5, 5.41) is 19.5. The van der Waals surface area contributed by atoms with Crippen molar-refractivity contribution in [2.75, 3.05) is 4.90 Å². The Bertz CT molecular complexity index is 511. The van der Waals surface area contributed by atoms with Gasteiger partial charge in [0.15, 0.2) is 0 Å². The number of hydrogen-bond donors (Lipinski definition) is 1. The van der Waals surface area contributed by atoms with Gasteiger partial charge in [-0.1, -0.05) is 0 Å². The van der Waals surface area contributed by atoms with E-state index in [2.05, 4.69) is 0 Å². The first-order valence-corrected chi connectivity index (χ1v) is 5.30. The number of nitro benzene ring substituents is 1. The Balaban J connectivity index is 2.32. The summed E-state index contributed by atoms with van der Waals surface area (Å²) in [7, 11) is 0. The van der Waals surface area contributed by atoms with Gasteiger partial charge in [-0.15, -0.1) is 0 Å². The summed E-state index contributed by atoms with van der Waals surface area (Å²) in [6.45, 7) is 0. The van der Waals surface area contributed by atoms with Crippen molar-refractivity contribution < 1.29 is 19.6 Å². The highest BCUT2D eigenvalue weighted by atomic mass is 16.6. The summed E-state index contributed by atoms with van der Waals surface area (Å²) in [5.41, 5.74) is 0.271. The van der Waals surface area contributed by atoms with Crippen molar-refractivity contribution in [3.05, 3.63) is 34.4 Å². The van der Waals surface area contributed by atoms with Crippen molar-refractivity contribution in [2.24, 2.45) is 0 Å². The SMILES string of the molecule is O=C(O)[C@@H]1CCC(=O)N1c1ccc([N+](=O)[O-])cc1. The van der Waals surface area contributed by atoms with Gasteiger partial charge < -0.3 is 5.11 Å². The number of carbonyl (C=O) groups excluding carboxylic acids is 1. The summed E-state index contributed by atoms with van der Waals surface area (Å²) in [5.74, 6) is -1.35. The molecule has 7 heteroatoms. The molecule has 7 nitrogen and oxygen atoms in total. The molecule has 0 saturated carbocycles. The van der Waals surface area contributed by atoms with Gasteiger partial charge >= 0.3 is 5.97 Å². The number of nitro groups is 1. The van der Waals surface area contributed by atoms with Crippen molar-refractivity contribution in [3.8, 4) is 0 Å². The van der Waals surface area contributed by atoms with Gasteiger partial charge in [-0.3, -0.25) is 19.8 Å². The zero-order valence-corrected chi connectivity index (χ0v) is 9.28. The molecule has 1 fully saturated rings. The highest BCUT2D eigenvalue weighted by Gasteiger charge is 2.37. The third-order valence-corrected chi connectivity index (χ3v) is 2.84. The van der Waals surface area contributed by atoms with Crippen LogP contribution in [0.25, 0.3) is 0 Å². The van der Waals surface area contributed by atoms with Crippen LogP contribution in [0, 0.1) is 10.1 Å². The molecule has 1 aromatic carbocycles. The molecule has 1 atom stereocenters. The average Bonchev–Trinajstić information content (AvgIpc) is 2.71. The minimum atomic E-state index is -1.07. The molecule has 0 radical (unpaired) electrons. The molecule has 0 aliphatic carbocycles. The van der Waals surface area contributed by atoms with E-state index in [4.69, 9.17) is 5.11 Å². The summed E-state index contributed by atoms with van der Waals surface area (Å²) in [6, 6.07) is 4.38. The molecule has 1 aliphatic rings. The number of rotatable bonds is 3. The predicted octanol–water partition coefficient (Wildman–Crippen LogP) is 1.17. The van der Waals surface area contributed by atoms with Gasteiger partial charge in [-0.2, -0.15) is 0 Å². The van der Waals surface area contributed by atoms with Crippen molar-refractivity contribution >= 4 is 23.3 Å². The Morgan fingerprint density at radius 3 is 2.50 bits per heavy atom. The predicted molar refractivity (Wildman–Crippen MR) is 61.2 cm³/mol. The molecule has 1 N–H and O–H groups in total. The first kappa shape index (κ1) is 12.0. The van der Waals surface area contributed by atoms with Crippen LogP contribution in [0.4, 0.5) is 11.4 Å². The lowest BCUT2D eigenvalue weighted by Gasteiger charge is -2.21. The topological polar surface area (TPSA) is 101 Å². The molecule has 1 aliphatic heterocycles. The van der Waals surface area contributed by atoms with Crippen LogP contribution in [0.15, 0.2) is 24.3 Å². The second-order valence-electron chi connectivity index (χ2n) is 3.93.